The van der Waals surface area contributed by atoms with E-state index >= 15 is 0 Å². The first-order valence-electron chi connectivity index (χ1n) is 8.09. The number of hydrogen-bond acceptors (Lipinski definition) is 1. The molecule has 0 radical (unpaired) electrons. The van der Waals surface area contributed by atoms with Gasteiger partial charge in [0, 0.05) is 0 Å². The Morgan fingerprint density at radius 1 is 0.864 bits per heavy atom. The molecule has 120 valence electrons. The Morgan fingerprint density at radius 3 is 1.82 bits per heavy atom. The van der Waals surface area contributed by atoms with E-state index < -0.39 is 5.41 Å². The van der Waals surface area contributed by atoms with Gasteiger partial charge in [0.1, 0.15) is 0 Å². The highest BCUT2D eigenvalue weighted by molar-refractivity contribution is 5.98. The normalized spacial score (nSPS) is 15.9. The summed E-state index contributed by atoms with van der Waals surface area (Å²) >= 11 is 0. The number of ketones is 1. The molecule has 1 aliphatic carbocycles. The van der Waals surface area contributed by atoms with Crippen LogP contribution in [0.2, 0.25) is 0 Å². The molecule has 0 aromatic rings. The van der Waals surface area contributed by atoms with Crippen LogP contribution in [0, 0.1) is 5.41 Å². The lowest BCUT2D eigenvalue weighted by Gasteiger charge is -2.30. The van der Waals surface area contributed by atoms with E-state index in [2.05, 4.69) is 65.8 Å². The van der Waals surface area contributed by atoms with Gasteiger partial charge in [0.15, 0.2) is 5.78 Å². The number of carbonyl (C=O) groups is 1. The number of allylic oxidation sites excluding steroid dienone is 10. The molecule has 1 heteroatoms. The fraction of sp³-hybridized carbons (Fsp3) is 0.476. The number of carbonyl (C=O) groups excluding carboxylic acids is 1. The second-order valence-corrected chi connectivity index (χ2v) is 7.03. The summed E-state index contributed by atoms with van der Waals surface area (Å²) in [6, 6.07) is 0. The van der Waals surface area contributed by atoms with E-state index in [-0.39, 0.29) is 5.78 Å². The summed E-state index contributed by atoms with van der Waals surface area (Å²) in [7, 11) is 0. The Balaban J connectivity index is 3.16. The zero-order valence-electron chi connectivity index (χ0n) is 15.0. The van der Waals surface area contributed by atoms with Gasteiger partial charge < -0.3 is 0 Å². The summed E-state index contributed by atoms with van der Waals surface area (Å²) in [5.74, 6) is 0.225. The van der Waals surface area contributed by atoms with Crippen molar-refractivity contribution in [1.29, 1.82) is 0 Å². The molecule has 22 heavy (non-hydrogen) atoms. The maximum absolute atomic E-state index is 12.6. The average molecular weight is 298 g/mol. The minimum Gasteiger partial charge on any atom is -0.294 e. The Morgan fingerprint density at radius 2 is 1.36 bits per heavy atom. The van der Waals surface area contributed by atoms with Gasteiger partial charge in [0.2, 0.25) is 0 Å². The monoisotopic (exact) mass is 298 g/mol. The van der Waals surface area contributed by atoms with Crippen LogP contribution in [0.15, 0.2) is 58.7 Å². The van der Waals surface area contributed by atoms with Crippen molar-refractivity contribution in [2.45, 2.75) is 60.8 Å². The Bertz CT molecular complexity index is 533. The lowest BCUT2D eigenvalue weighted by Crippen LogP contribution is -2.29. The summed E-state index contributed by atoms with van der Waals surface area (Å²) in [5, 5.41) is 0. The van der Waals surface area contributed by atoms with Crippen LogP contribution in [0.5, 0.6) is 0 Å². The van der Waals surface area contributed by atoms with Gasteiger partial charge in [0.25, 0.3) is 0 Å². The van der Waals surface area contributed by atoms with E-state index in [0.29, 0.717) is 0 Å². The maximum Gasteiger partial charge on any atom is 0.166 e. The van der Waals surface area contributed by atoms with Crippen molar-refractivity contribution >= 4 is 5.78 Å². The highest BCUT2D eigenvalue weighted by Crippen LogP contribution is 2.37. The molecule has 0 aromatic carbocycles. The average Bonchev–Trinajstić information content (AvgIpc) is 2.43. The van der Waals surface area contributed by atoms with Gasteiger partial charge in [-0.2, -0.15) is 0 Å². The molecule has 0 amide bonds. The molecule has 0 heterocycles. The topological polar surface area (TPSA) is 17.1 Å². The highest BCUT2D eigenvalue weighted by Gasteiger charge is 2.34. The maximum atomic E-state index is 12.6. The molecular formula is C21H30O. The second-order valence-electron chi connectivity index (χ2n) is 7.03. The second kappa shape index (κ2) is 8.12. The summed E-state index contributed by atoms with van der Waals surface area (Å²) in [5.41, 5.74) is 4.67. The Hall–Kier alpha value is -1.63. The first kappa shape index (κ1) is 18.4. The largest absolute Gasteiger partial charge is 0.294 e. The molecule has 0 unspecified atom stereocenters. The minimum atomic E-state index is -0.409. The van der Waals surface area contributed by atoms with Crippen molar-refractivity contribution in [3.63, 3.8) is 0 Å². The zero-order chi connectivity index (χ0) is 16.8. The van der Waals surface area contributed by atoms with E-state index in [0.717, 1.165) is 19.3 Å². The number of rotatable bonds is 6. The van der Waals surface area contributed by atoms with Crippen LogP contribution in [-0.4, -0.2) is 5.78 Å². The quantitative estimate of drug-likeness (QED) is 0.541. The molecule has 0 fully saturated rings. The van der Waals surface area contributed by atoms with Crippen LogP contribution in [0.25, 0.3) is 0 Å². The van der Waals surface area contributed by atoms with Crippen LogP contribution >= 0.6 is 0 Å². The van der Waals surface area contributed by atoms with Crippen molar-refractivity contribution < 1.29 is 4.79 Å². The van der Waals surface area contributed by atoms with Crippen LogP contribution in [-0.2, 0) is 4.79 Å². The molecule has 0 bridgehead atoms. The van der Waals surface area contributed by atoms with Crippen molar-refractivity contribution in [2.24, 2.45) is 5.41 Å². The summed E-state index contributed by atoms with van der Waals surface area (Å²) in [6.07, 6.45) is 15.0. The van der Waals surface area contributed by atoms with Gasteiger partial charge in [-0.15, -0.1) is 0 Å². The van der Waals surface area contributed by atoms with E-state index in [1.54, 1.807) is 6.08 Å². The van der Waals surface area contributed by atoms with Crippen molar-refractivity contribution in [1.82, 2.24) is 0 Å². The summed E-state index contributed by atoms with van der Waals surface area (Å²) in [4.78, 5) is 12.6. The SMILES string of the molecule is CC(C)=CCC1=CC(CC=C(C)C)(CC=C(C)C)C(=O)C=C1. The molecule has 0 saturated heterocycles. The molecule has 0 aromatic heterocycles. The fourth-order valence-electron chi connectivity index (χ4n) is 2.45. The predicted octanol–water partition coefficient (Wildman–Crippen LogP) is 6.11. The lowest BCUT2D eigenvalue weighted by molar-refractivity contribution is -0.121. The molecule has 0 aliphatic heterocycles. The third-order valence-electron chi connectivity index (χ3n) is 3.90. The van der Waals surface area contributed by atoms with Gasteiger partial charge in [-0.05, 0) is 72.5 Å². The molecule has 1 rings (SSSR count). The van der Waals surface area contributed by atoms with Crippen LogP contribution in [0.1, 0.15) is 60.8 Å². The number of hydrogen-bond donors (Lipinski definition) is 0. The molecule has 0 saturated carbocycles. The molecule has 0 atom stereocenters. The smallest absolute Gasteiger partial charge is 0.166 e. The van der Waals surface area contributed by atoms with Gasteiger partial charge in [-0.3, -0.25) is 4.79 Å². The highest BCUT2D eigenvalue weighted by atomic mass is 16.1. The standard InChI is InChI=1S/C21H30O/c1-16(2)7-8-19-9-10-20(22)21(15-19,13-11-17(3)4)14-12-18(5)6/h7,9-12,15H,8,13-14H2,1-6H3. The van der Waals surface area contributed by atoms with Crippen molar-refractivity contribution in [3.8, 4) is 0 Å². The third kappa shape index (κ3) is 5.63. The van der Waals surface area contributed by atoms with Crippen LogP contribution in [0.4, 0.5) is 0 Å². The Labute approximate surface area is 136 Å². The van der Waals surface area contributed by atoms with Gasteiger partial charge in [-0.25, -0.2) is 0 Å². The molecule has 1 nitrogen and oxygen atoms in total. The van der Waals surface area contributed by atoms with E-state index in [4.69, 9.17) is 0 Å². The van der Waals surface area contributed by atoms with Crippen molar-refractivity contribution in [2.75, 3.05) is 0 Å². The minimum absolute atomic E-state index is 0.225. The third-order valence-corrected chi connectivity index (χ3v) is 3.90. The summed E-state index contributed by atoms with van der Waals surface area (Å²) in [6.45, 7) is 12.6. The van der Waals surface area contributed by atoms with Gasteiger partial charge in [-0.1, -0.05) is 47.1 Å². The van der Waals surface area contributed by atoms with E-state index in [1.165, 1.54) is 22.3 Å². The van der Waals surface area contributed by atoms with Gasteiger partial charge >= 0.3 is 0 Å². The molecule has 0 spiro atoms. The predicted molar refractivity (Wildman–Crippen MR) is 96.8 cm³/mol. The first-order valence-corrected chi connectivity index (χ1v) is 8.09. The first-order chi connectivity index (χ1) is 10.2. The lowest BCUT2D eigenvalue weighted by atomic mass is 9.72. The zero-order valence-corrected chi connectivity index (χ0v) is 15.0. The van der Waals surface area contributed by atoms with Crippen LogP contribution in [0.3, 0.4) is 0 Å². The molecule has 1 aliphatic rings. The molecule has 0 N–H and O–H groups in total. The van der Waals surface area contributed by atoms with Crippen molar-refractivity contribution in [3.05, 3.63) is 58.7 Å². The fourth-order valence-corrected chi connectivity index (χ4v) is 2.45. The van der Waals surface area contributed by atoms with E-state index in [9.17, 15) is 4.79 Å². The Kier molecular flexibility index (Phi) is 6.80. The van der Waals surface area contributed by atoms with Crippen LogP contribution < -0.4 is 0 Å². The summed E-state index contributed by atoms with van der Waals surface area (Å²) < 4.78 is 0. The molecular weight excluding hydrogens is 268 g/mol. The van der Waals surface area contributed by atoms with Gasteiger partial charge in [0.05, 0.1) is 5.41 Å². The van der Waals surface area contributed by atoms with E-state index in [1.807, 2.05) is 6.08 Å².